The summed E-state index contributed by atoms with van der Waals surface area (Å²) >= 11 is 0. The van der Waals surface area contributed by atoms with E-state index < -0.39 is 4.92 Å². The SMILES string of the molecule is Cc1cccc(-c2noc(CN3CCCC(C(=O)Nc4cccc([N+](=O)[O-])c4C)C3)n2)c1. The maximum atomic E-state index is 12.9. The summed E-state index contributed by atoms with van der Waals surface area (Å²) in [6, 6.07) is 12.6. The van der Waals surface area contributed by atoms with Crippen LogP contribution >= 0.6 is 0 Å². The molecule has 0 aliphatic carbocycles. The lowest BCUT2D eigenvalue weighted by atomic mass is 9.97. The van der Waals surface area contributed by atoms with Crippen LogP contribution in [0.2, 0.25) is 0 Å². The molecule has 9 nitrogen and oxygen atoms in total. The molecule has 3 aromatic rings. The van der Waals surface area contributed by atoms with Crippen molar-refractivity contribution in [2.24, 2.45) is 5.92 Å². The first-order valence-electron chi connectivity index (χ1n) is 10.6. The van der Waals surface area contributed by atoms with Gasteiger partial charge in [0.05, 0.1) is 28.6 Å². The van der Waals surface area contributed by atoms with Crippen LogP contribution in [0.5, 0.6) is 0 Å². The lowest BCUT2D eigenvalue weighted by Gasteiger charge is -2.31. The molecule has 1 amide bonds. The molecule has 2 aromatic carbocycles. The van der Waals surface area contributed by atoms with Crippen LogP contribution in [0.4, 0.5) is 11.4 Å². The molecule has 0 saturated carbocycles. The van der Waals surface area contributed by atoms with Crippen molar-refractivity contribution in [1.29, 1.82) is 0 Å². The van der Waals surface area contributed by atoms with E-state index in [4.69, 9.17) is 4.52 Å². The van der Waals surface area contributed by atoms with Crippen LogP contribution in [-0.4, -0.2) is 39.0 Å². The Labute approximate surface area is 185 Å². The van der Waals surface area contributed by atoms with Crippen molar-refractivity contribution < 1.29 is 14.2 Å². The van der Waals surface area contributed by atoms with E-state index in [1.807, 2.05) is 31.2 Å². The average molecular weight is 435 g/mol. The summed E-state index contributed by atoms with van der Waals surface area (Å²) in [6.07, 6.45) is 1.62. The zero-order valence-corrected chi connectivity index (χ0v) is 18.1. The minimum atomic E-state index is -0.442. The number of nitro groups is 1. The third-order valence-corrected chi connectivity index (χ3v) is 5.74. The normalized spacial score (nSPS) is 16.6. The van der Waals surface area contributed by atoms with Gasteiger partial charge >= 0.3 is 0 Å². The Morgan fingerprint density at radius 2 is 2.09 bits per heavy atom. The largest absolute Gasteiger partial charge is 0.338 e. The maximum Gasteiger partial charge on any atom is 0.274 e. The van der Waals surface area contributed by atoms with Gasteiger partial charge in [0.2, 0.25) is 17.6 Å². The van der Waals surface area contributed by atoms with Gasteiger partial charge in [0.15, 0.2) is 0 Å². The molecule has 1 atom stereocenters. The number of amides is 1. The van der Waals surface area contributed by atoms with Gasteiger partial charge in [0, 0.05) is 18.2 Å². The second-order valence-corrected chi connectivity index (χ2v) is 8.15. The number of anilines is 1. The van der Waals surface area contributed by atoms with E-state index in [2.05, 4.69) is 20.4 Å². The van der Waals surface area contributed by atoms with Crippen LogP contribution in [-0.2, 0) is 11.3 Å². The molecular weight excluding hydrogens is 410 g/mol. The van der Waals surface area contributed by atoms with Crippen LogP contribution < -0.4 is 5.32 Å². The van der Waals surface area contributed by atoms with Crippen LogP contribution in [0.15, 0.2) is 47.0 Å². The zero-order chi connectivity index (χ0) is 22.7. The highest BCUT2D eigenvalue weighted by Gasteiger charge is 2.28. The van der Waals surface area contributed by atoms with Gasteiger partial charge in [-0.3, -0.25) is 19.8 Å². The molecule has 1 aromatic heterocycles. The van der Waals surface area contributed by atoms with E-state index in [0.29, 0.717) is 36.1 Å². The lowest BCUT2D eigenvalue weighted by molar-refractivity contribution is -0.385. The molecule has 4 rings (SSSR count). The fourth-order valence-corrected chi connectivity index (χ4v) is 4.02. The summed E-state index contributed by atoms with van der Waals surface area (Å²) in [5.74, 6) is 0.707. The third-order valence-electron chi connectivity index (χ3n) is 5.74. The fraction of sp³-hybridized carbons (Fsp3) is 0.348. The minimum Gasteiger partial charge on any atom is -0.338 e. The zero-order valence-electron chi connectivity index (χ0n) is 18.1. The number of likely N-dealkylation sites (tertiary alicyclic amines) is 1. The van der Waals surface area contributed by atoms with Crippen LogP contribution in [0.3, 0.4) is 0 Å². The summed E-state index contributed by atoms with van der Waals surface area (Å²) in [7, 11) is 0. The molecule has 0 radical (unpaired) electrons. The predicted octanol–water partition coefficient (Wildman–Crippen LogP) is 4.11. The summed E-state index contributed by atoms with van der Waals surface area (Å²) < 4.78 is 5.44. The number of rotatable bonds is 6. The first-order valence-corrected chi connectivity index (χ1v) is 10.6. The van der Waals surface area contributed by atoms with Gasteiger partial charge in [-0.1, -0.05) is 35.0 Å². The number of hydrogen-bond acceptors (Lipinski definition) is 7. The Morgan fingerprint density at radius 1 is 1.28 bits per heavy atom. The highest BCUT2D eigenvalue weighted by atomic mass is 16.6. The van der Waals surface area contributed by atoms with Gasteiger partial charge < -0.3 is 9.84 Å². The van der Waals surface area contributed by atoms with Gasteiger partial charge in [0.1, 0.15) is 0 Å². The number of benzene rings is 2. The summed E-state index contributed by atoms with van der Waals surface area (Å²) in [5.41, 5.74) is 2.95. The number of piperidine rings is 1. The van der Waals surface area contributed by atoms with Crippen molar-refractivity contribution in [3.8, 4) is 11.4 Å². The molecule has 0 spiro atoms. The highest BCUT2D eigenvalue weighted by molar-refractivity contribution is 5.94. The molecule has 1 fully saturated rings. The van der Waals surface area contributed by atoms with E-state index in [1.54, 1.807) is 19.1 Å². The van der Waals surface area contributed by atoms with E-state index in [0.717, 1.165) is 30.5 Å². The molecule has 9 heteroatoms. The van der Waals surface area contributed by atoms with Gasteiger partial charge in [-0.2, -0.15) is 4.98 Å². The number of nitrogens with zero attached hydrogens (tertiary/aromatic N) is 4. The van der Waals surface area contributed by atoms with E-state index in [1.165, 1.54) is 6.07 Å². The Morgan fingerprint density at radius 3 is 2.88 bits per heavy atom. The van der Waals surface area contributed by atoms with Crippen molar-refractivity contribution in [2.45, 2.75) is 33.2 Å². The summed E-state index contributed by atoms with van der Waals surface area (Å²) in [6.45, 7) is 5.52. The Hall–Kier alpha value is -3.59. The van der Waals surface area contributed by atoms with Gasteiger partial charge in [-0.25, -0.2) is 0 Å². The van der Waals surface area contributed by atoms with Gasteiger partial charge in [-0.15, -0.1) is 0 Å². The molecule has 1 aliphatic heterocycles. The molecular formula is C23H25N5O4. The monoisotopic (exact) mass is 435 g/mol. The topological polar surface area (TPSA) is 114 Å². The quantitative estimate of drug-likeness (QED) is 0.458. The number of hydrogen-bond donors (Lipinski definition) is 1. The second kappa shape index (κ2) is 9.27. The number of carbonyl (C=O) groups is 1. The maximum absolute atomic E-state index is 12.9. The molecule has 2 heterocycles. The first kappa shape index (κ1) is 21.6. The van der Waals surface area contributed by atoms with Gasteiger partial charge in [0.25, 0.3) is 5.69 Å². The molecule has 0 bridgehead atoms. The fourth-order valence-electron chi connectivity index (χ4n) is 4.02. The summed E-state index contributed by atoms with van der Waals surface area (Å²) in [4.78, 5) is 30.2. The van der Waals surface area contributed by atoms with Crippen molar-refractivity contribution in [3.63, 3.8) is 0 Å². The second-order valence-electron chi connectivity index (χ2n) is 8.15. The van der Waals surface area contributed by atoms with Crippen molar-refractivity contribution in [1.82, 2.24) is 15.0 Å². The van der Waals surface area contributed by atoms with Crippen molar-refractivity contribution in [2.75, 3.05) is 18.4 Å². The molecule has 1 unspecified atom stereocenters. The van der Waals surface area contributed by atoms with E-state index in [-0.39, 0.29) is 17.5 Å². The smallest absolute Gasteiger partial charge is 0.274 e. The highest BCUT2D eigenvalue weighted by Crippen LogP contribution is 2.27. The van der Waals surface area contributed by atoms with Crippen LogP contribution in [0.1, 0.15) is 29.9 Å². The molecule has 1 N–H and O–H groups in total. The van der Waals surface area contributed by atoms with Crippen molar-refractivity contribution >= 4 is 17.3 Å². The van der Waals surface area contributed by atoms with Crippen LogP contribution in [0, 0.1) is 29.9 Å². The summed E-state index contributed by atoms with van der Waals surface area (Å²) in [5, 5.41) is 18.1. The standard InChI is InChI=1S/C23H25N5O4/c1-15-6-3-7-17(12-15)22-25-21(32-26-22)14-27-11-5-8-18(13-27)23(29)24-19-9-4-10-20(16(19)2)28(30)31/h3-4,6-7,9-10,12,18H,5,8,11,13-14H2,1-2H3,(H,24,29). The third kappa shape index (κ3) is 4.83. The van der Waals surface area contributed by atoms with Crippen molar-refractivity contribution in [3.05, 3.63) is 69.6 Å². The lowest BCUT2D eigenvalue weighted by Crippen LogP contribution is -2.40. The van der Waals surface area contributed by atoms with E-state index in [9.17, 15) is 14.9 Å². The van der Waals surface area contributed by atoms with Crippen LogP contribution in [0.25, 0.3) is 11.4 Å². The Bertz CT molecular complexity index is 1140. The number of aromatic nitrogens is 2. The number of aryl methyl sites for hydroxylation is 1. The number of nitro benzene ring substituents is 1. The molecule has 166 valence electrons. The first-order chi connectivity index (χ1) is 15.4. The minimum absolute atomic E-state index is 0.00567. The average Bonchev–Trinajstić information content (AvgIpc) is 3.23. The van der Waals surface area contributed by atoms with E-state index >= 15 is 0 Å². The Kier molecular flexibility index (Phi) is 6.27. The number of nitrogens with one attached hydrogen (secondary N) is 1. The molecule has 1 aliphatic rings. The Balaban J connectivity index is 1.39. The molecule has 32 heavy (non-hydrogen) atoms. The molecule has 1 saturated heterocycles. The predicted molar refractivity (Wildman–Crippen MR) is 119 cm³/mol. The van der Waals surface area contributed by atoms with Gasteiger partial charge in [-0.05, 0) is 45.4 Å². The number of carbonyl (C=O) groups excluding carboxylic acids is 1.